The molecule has 2 aliphatic carbocycles. The third kappa shape index (κ3) is 5.99. The molecule has 0 saturated carbocycles. The first-order valence-electron chi connectivity index (χ1n) is 16.7. The molecular weight excluding hydrogens is 588 g/mol. The smallest absolute Gasteiger partial charge is 0.307 e. The van der Waals surface area contributed by atoms with Gasteiger partial charge in [-0.3, -0.25) is 19.2 Å². The zero-order chi connectivity index (χ0) is 33.9. The molecule has 2 N–H and O–H groups in total. The molecule has 10 heteroatoms. The molecule has 3 heterocycles. The van der Waals surface area contributed by atoms with Gasteiger partial charge in [0.25, 0.3) is 0 Å². The highest BCUT2D eigenvalue weighted by atomic mass is 16.5. The molecule has 1 saturated heterocycles. The van der Waals surface area contributed by atoms with Crippen LogP contribution >= 0.6 is 0 Å². The van der Waals surface area contributed by atoms with E-state index in [4.69, 9.17) is 9.47 Å². The summed E-state index contributed by atoms with van der Waals surface area (Å²) in [5.74, 6) is -0.594. The zero-order valence-electron chi connectivity index (χ0n) is 28.6. The minimum atomic E-state index is -0.881. The first kappa shape index (κ1) is 33.8. The van der Waals surface area contributed by atoms with E-state index in [0.29, 0.717) is 51.9 Å². The fraction of sp³-hybridized carbons (Fsp3) is 0.667. The second kappa shape index (κ2) is 12.2. The predicted octanol–water partition coefficient (Wildman–Crippen LogP) is 5.46. The Morgan fingerprint density at radius 2 is 0.978 bits per heavy atom. The van der Waals surface area contributed by atoms with E-state index in [2.05, 4.69) is 0 Å². The standard InChI is InChI=1S/C36H50N2O8/c1-19-21(3)31-25(9-11-35(7,45-31)17-27(39)40)23(5)29(19)33(43)37-13-15-38(16-14-37)34(44)30-20(2)22(4)32-26(24(30)6)10-12-36(8,46-32)18-28(41)42/h21-24H,9-18H2,1-8H3,(H,39,40)(H,41,42). The lowest BCUT2D eigenvalue weighted by Crippen LogP contribution is -2.52. The van der Waals surface area contributed by atoms with Crippen molar-refractivity contribution in [2.45, 2.75) is 105 Å². The number of aliphatic carboxylic acids is 2. The highest BCUT2D eigenvalue weighted by molar-refractivity contribution is 5.97. The molecule has 2 amide bonds. The van der Waals surface area contributed by atoms with Gasteiger partial charge in [-0.2, -0.15) is 0 Å². The van der Waals surface area contributed by atoms with Crippen LogP contribution in [0.4, 0.5) is 0 Å². The number of nitrogens with zero attached hydrogens (tertiary/aromatic N) is 2. The van der Waals surface area contributed by atoms with Crippen molar-refractivity contribution in [1.82, 2.24) is 9.80 Å². The monoisotopic (exact) mass is 638 g/mol. The number of hydrogen-bond donors (Lipinski definition) is 2. The van der Waals surface area contributed by atoms with Crippen LogP contribution in [-0.4, -0.2) is 81.1 Å². The molecule has 0 aromatic heterocycles. The maximum atomic E-state index is 14.0. The Bertz CT molecular complexity index is 1370. The van der Waals surface area contributed by atoms with Crippen molar-refractivity contribution in [3.63, 3.8) is 0 Å². The molecule has 1 fully saturated rings. The number of rotatable bonds is 6. The number of piperazine rings is 1. The maximum Gasteiger partial charge on any atom is 0.307 e. The Morgan fingerprint density at radius 1 is 0.652 bits per heavy atom. The van der Waals surface area contributed by atoms with Gasteiger partial charge in [0, 0.05) is 61.0 Å². The van der Waals surface area contributed by atoms with E-state index >= 15 is 0 Å². The van der Waals surface area contributed by atoms with Crippen LogP contribution in [-0.2, 0) is 28.7 Å². The van der Waals surface area contributed by atoms with Gasteiger partial charge in [0.15, 0.2) is 0 Å². The van der Waals surface area contributed by atoms with Gasteiger partial charge in [0.05, 0.1) is 12.8 Å². The molecule has 0 radical (unpaired) electrons. The summed E-state index contributed by atoms with van der Waals surface area (Å²) in [4.78, 5) is 54.7. The fourth-order valence-electron chi connectivity index (χ4n) is 8.34. The second-order valence-corrected chi connectivity index (χ2v) is 14.7. The summed E-state index contributed by atoms with van der Waals surface area (Å²) in [7, 11) is 0. The van der Waals surface area contributed by atoms with Crippen LogP contribution in [0.3, 0.4) is 0 Å². The van der Waals surface area contributed by atoms with E-state index in [0.717, 1.165) is 45.0 Å². The quantitative estimate of drug-likeness (QED) is 0.392. The number of hydrogen-bond acceptors (Lipinski definition) is 6. The first-order chi connectivity index (χ1) is 21.5. The molecule has 0 spiro atoms. The summed E-state index contributed by atoms with van der Waals surface area (Å²) >= 11 is 0. The molecule has 5 aliphatic rings. The highest BCUT2D eigenvalue weighted by Gasteiger charge is 2.45. The lowest BCUT2D eigenvalue weighted by atomic mass is 9.72. The van der Waals surface area contributed by atoms with Crippen molar-refractivity contribution in [1.29, 1.82) is 0 Å². The average Bonchev–Trinajstić information content (AvgIpc) is 2.97. The van der Waals surface area contributed by atoms with Gasteiger partial charge in [0.2, 0.25) is 11.8 Å². The van der Waals surface area contributed by atoms with Crippen LogP contribution in [0.5, 0.6) is 0 Å². The van der Waals surface area contributed by atoms with E-state index in [9.17, 15) is 29.4 Å². The minimum Gasteiger partial charge on any atom is -0.491 e. The van der Waals surface area contributed by atoms with Gasteiger partial charge >= 0.3 is 11.9 Å². The molecular formula is C36H50N2O8. The Balaban J connectivity index is 1.26. The van der Waals surface area contributed by atoms with Crippen molar-refractivity contribution in [2.24, 2.45) is 23.7 Å². The third-order valence-corrected chi connectivity index (χ3v) is 11.4. The summed E-state index contributed by atoms with van der Waals surface area (Å²) in [5.41, 5.74) is 4.15. The lowest BCUT2D eigenvalue weighted by Gasteiger charge is -2.45. The summed E-state index contributed by atoms with van der Waals surface area (Å²) in [6, 6.07) is 0. The van der Waals surface area contributed by atoms with Crippen molar-refractivity contribution in [2.75, 3.05) is 26.2 Å². The van der Waals surface area contributed by atoms with Gasteiger partial charge in [-0.25, -0.2) is 0 Å². The molecule has 3 aliphatic heterocycles. The number of allylic oxidation sites excluding steroid dienone is 4. The highest BCUT2D eigenvalue weighted by Crippen LogP contribution is 2.49. The van der Waals surface area contributed by atoms with E-state index in [1.807, 2.05) is 65.2 Å². The van der Waals surface area contributed by atoms with Crippen LogP contribution in [0, 0.1) is 23.7 Å². The summed E-state index contributed by atoms with van der Waals surface area (Å²) in [6.07, 6.45) is 2.46. The normalized spacial score (nSPS) is 33.3. The number of amides is 2. The number of ether oxygens (including phenoxy) is 2. The second-order valence-electron chi connectivity index (χ2n) is 14.7. The third-order valence-electron chi connectivity index (χ3n) is 11.4. The summed E-state index contributed by atoms with van der Waals surface area (Å²) < 4.78 is 12.7. The van der Waals surface area contributed by atoms with Crippen LogP contribution < -0.4 is 0 Å². The average molecular weight is 639 g/mol. The van der Waals surface area contributed by atoms with Crippen molar-refractivity contribution in [3.05, 3.63) is 45.0 Å². The van der Waals surface area contributed by atoms with E-state index < -0.39 is 23.1 Å². The molecule has 0 aromatic carbocycles. The Labute approximate surface area is 272 Å². The number of carbonyl (C=O) groups is 4. The number of carboxylic acids is 2. The first-order valence-corrected chi connectivity index (χ1v) is 16.7. The van der Waals surface area contributed by atoms with Crippen LogP contribution in [0.15, 0.2) is 45.0 Å². The van der Waals surface area contributed by atoms with Gasteiger partial charge in [-0.15, -0.1) is 0 Å². The zero-order valence-corrected chi connectivity index (χ0v) is 28.6. The number of carboxylic acid groups (broad SMARTS) is 2. The van der Waals surface area contributed by atoms with E-state index in [-0.39, 0.29) is 48.3 Å². The van der Waals surface area contributed by atoms with Crippen LogP contribution in [0.25, 0.3) is 0 Å². The lowest BCUT2D eigenvalue weighted by molar-refractivity contribution is -0.145. The van der Waals surface area contributed by atoms with Gasteiger partial charge < -0.3 is 29.5 Å². The Hall–Kier alpha value is -3.56. The molecule has 5 rings (SSSR count). The van der Waals surface area contributed by atoms with Gasteiger partial charge in [-0.1, -0.05) is 38.8 Å². The molecule has 6 unspecified atom stereocenters. The predicted molar refractivity (Wildman–Crippen MR) is 171 cm³/mol. The summed E-state index contributed by atoms with van der Waals surface area (Å²) in [6.45, 7) is 17.6. The van der Waals surface area contributed by atoms with Crippen molar-refractivity contribution in [3.8, 4) is 0 Å². The number of carbonyl (C=O) groups excluding carboxylic acids is 2. The molecule has 252 valence electrons. The summed E-state index contributed by atoms with van der Waals surface area (Å²) in [5, 5.41) is 18.8. The van der Waals surface area contributed by atoms with E-state index in [1.54, 1.807) is 0 Å². The van der Waals surface area contributed by atoms with Crippen LogP contribution in [0.1, 0.15) is 93.9 Å². The Morgan fingerprint density at radius 3 is 1.28 bits per heavy atom. The minimum absolute atomic E-state index is 0.00276. The Kier molecular flexibility index (Phi) is 8.98. The van der Waals surface area contributed by atoms with Crippen LogP contribution in [0.2, 0.25) is 0 Å². The SMILES string of the molecule is CC1=C(C(=O)N2CCN(C(=O)C3=C(C)C(C)C4=C(CCC(C)(CC(=O)O)O4)C3C)CC2)C(C)C2=C(OC(C)(CC(=O)O)CC2)C1C. The molecule has 46 heavy (non-hydrogen) atoms. The molecule has 0 bridgehead atoms. The van der Waals surface area contributed by atoms with Gasteiger partial charge in [0.1, 0.15) is 22.7 Å². The molecule has 0 aromatic rings. The van der Waals surface area contributed by atoms with E-state index in [1.165, 1.54) is 0 Å². The van der Waals surface area contributed by atoms with Crippen molar-refractivity contribution < 1.29 is 38.9 Å². The van der Waals surface area contributed by atoms with Gasteiger partial charge in [-0.05, 0) is 64.5 Å². The largest absolute Gasteiger partial charge is 0.491 e. The molecule has 6 atom stereocenters. The topological polar surface area (TPSA) is 134 Å². The molecule has 10 nitrogen and oxygen atoms in total. The fourth-order valence-corrected chi connectivity index (χ4v) is 8.34. The maximum absolute atomic E-state index is 14.0. The van der Waals surface area contributed by atoms with Crippen molar-refractivity contribution >= 4 is 23.8 Å².